The summed E-state index contributed by atoms with van der Waals surface area (Å²) in [6.45, 7) is 5.96. The van der Waals surface area contributed by atoms with Crippen molar-refractivity contribution in [3.8, 4) is 0 Å². The average Bonchev–Trinajstić information content (AvgIpc) is 2.49. The van der Waals surface area contributed by atoms with Crippen molar-refractivity contribution in [3.05, 3.63) is 35.4 Å². The molecule has 3 N–H and O–H groups in total. The molecular formula is C19H28F2N2O2S. The summed E-state index contributed by atoms with van der Waals surface area (Å²) in [5, 5.41) is 2.80. The molecule has 0 bridgehead atoms. The van der Waals surface area contributed by atoms with Gasteiger partial charge in [-0.25, -0.2) is 8.78 Å². The minimum Gasteiger partial charge on any atom is -0.369 e. The van der Waals surface area contributed by atoms with Crippen LogP contribution in [0, 0.1) is 28.9 Å². The lowest BCUT2D eigenvalue weighted by Gasteiger charge is -2.30. The van der Waals surface area contributed by atoms with Crippen LogP contribution in [0.25, 0.3) is 0 Å². The van der Waals surface area contributed by atoms with E-state index in [-0.39, 0.29) is 24.2 Å². The van der Waals surface area contributed by atoms with Gasteiger partial charge in [0.15, 0.2) is 0 Å². The number of nitrogens with one attached hydrogen (secondary N) is 1. The predicted octanol–water partition coefficient (Wildman–Crippen LogP) is 3.49. The zero-order chi connectivity index (χ0) is 19.9. The Morgan fingerprint density at radius 2 is 1.73 bits per heavy atom. The van der Waals surface area contributed by atoms with Crippen LogP contribution in [-0.2, 0) is 16.0 Å². The van der Waals surface area contributed by atoms with Crippen LogP contribution in [0.3, 0.4) is 0 Å². The Kier molecular flexibility index (Phi) is 8.53. The maximum atomic E-state index is 13.4. The van der Waals surface area contributed by atoms with E-state index in [1.807, 2.05) is 27.0 Å². The highest BCUT2D eigenvalue weighted by atomic mass is 32.2. The van der Waals surface area contributed by atoms with Crippen molar-refractivity contribution in [3.63, 3.8) is 0 Å². The first kappa shape index (κ1) is 22.4. The van der Waals surface area contributed by atoms with E-state index >= 15 is 0 Å². The molecule has 0 heterocycles. The van der Waals surface area contributed by atoms with E-state index in [4.69, 9.17) is 5.73 Å². The monoisotopic (exact) mass is 386 g/mol. The van der Waals surface area contributed by atoms with Crippen molar-refractivity contribution < 1.29 is 18.4 Å². The third kappa shape index (κ3) is 7.72. The van der Waals surface area contributed by atoms with E-state index in [1.165, 1.54) is 23.9 Å². The summed E-state index contributed by atoms with van der Waals surface area (Å²) in [7, 11) is 0. The highest BCUT2D eigenvalue weighted by molar-refractivity contribution is 7.98. The minimum absolute atomic E-state index is 0.181. The quantitative estimate of drug-likeness (QED) is 0.638. The Morgan fingerprint density at radius 1 is 1.15 bits per heavy atom. The number of halogens is 2. The van der Waals surface area contributed by atoms with Crippen molar-refractivity contribution in [2.75, 3.05) is 12.1 Å². The summed E-state index contributed by atoms with van der Waals surface area (Å²) in [6.07, 6.45) is 2.87. The summed E-state index contributed by atoms with van der Waals surface area (Å²) in [5.41, 5.74) is 5.83. The molecule has 1 aromatic rings. The van der Waals surface area contributed by atoms with Gasteiger partial charge in [0.05, 0.1) is 11.8 Å². The van der Waals surface area contributed by atoms with E-state index < -0.39 is 29.4 Å². The first-order valence-corrected chi connectivity index (χ1v) is 9.94. The van der Waals surface area contributed by atoms with Gasteiger partial charge in [-0.2, -0.15) is 0 Å². The second-order valence-corrected chi connectivity index (χ2v) is 8.54. The number of carbonyl (C=O) groups excluding carboxylic acids is 2. The number of hydrogen-bond acceptors (Lipinski definition) is 3. The zero-order valence-corrected chi connectivity index (χ0v) is 16.6. The first-order chi connectivity index (χ1) is 12.0. The van der Waals surface area contributed by atoms with Crippen LogP contribution >= 0.6 is 11.8 Å². The fraction of sp³-hybridized carbons (Fsp3) is 0.579. The lowest BCUT2D eigenvalue weighted by atomic mass is 9.76. The van der Waals surface area contributed by atoms with E-state index in [0.717, 1.165) is 6.07 Å². The maximum absolute atomic E-state index is 13.4. The van der Waals surface area contributed by atoms with Crippen LogP contribution in [0.15, 0.2) is 18.2 Å². The topological polar surface area (TPSA) is 72.2 Å². The third-order valence-electron chi connectivity index (χ3n) is 4.08. The molecule has 0 aromatic heterocycles. The van der Waals surface area contributed by atoms with E-state index in [9.17, 15) is 18.4 Å². The number of carbonyl (C=O) groups is 2. The molecule has 146 valence electrons. The standard InChI is InChI=1S/C19H28F2N2O2S/c1-19(2,3)10-16(18(25)23-11-26-4)15(17(22)24)6-5-12-7-13(20)9-14(21)8-12/h7-9,15-16H,5-6,10-11H2,1-4H3,(H2,22,24)(H,23,25)/t15-,16?/m0/s1. The van der Waals surface area contributed by atoms with Gasteiger partial charge in [0, 0.05) is 12.0 Å². The van der Waals surface area contributed by atoms with Gasteiger partial charge in [0.2, 0.25) is 11.8 Å². The molecule has 7 heteroatoms. The van der Waals surface area contributed by atoms with E-state index in [0.29, 0.717) is 17.9 Å². The van der Waals surface area contributed by atoms with Crippen molar-refractivity contribution in [1.29, 1.82) is 0 Å². The molecule has 0 radical (unpaired) electrons. The Labute approximate surface area is 158 Å². The molecule has 1 aromatic carbocycles. The fourth-order valence-electron chi connectivity index (χ4n) is 2.97. The number of primary amides is 1. The number of thioether (sulfide) groups is 1. The van der Waals surface area contributed by atoms with Crippen LogP contribution in [0.5, 0.6) is 0 Å². The molecule has 2 atom stereocenters. The van der Waals surface area contributed by atoms with Crippen molar-refractivity contribution in [2.24, 2.45) is 23.0 Å². The molecule has 26 heavy (non-hydrogen) atoms. The van der Waals surface area contributed by atoms with Crippen molar-refractivity contribution in [2.45, 2.75) is 40.0 Å². The highest BCUT2D eigenvalue weighted by Crippen LogP contribution is 2.31. The van der Waals surface area contributed by atoms with Gasteiger partial charge in [-0.05, 0) is 48.6 Å². The van der Waals surface area contributed by atoms with Crippen molar-refractivity contribution in [1.82, 2.24) is 5.32 Å². The minimum atomic E-state index is -0.706. The van der Waals surface area contributed by atoms with E-state index in [2.05, 4.69) is 5.32 Å². The van der Waals surface area contributed by atoms with Gasteiger partial charge in [-0.3, -0.25) is 9.59 Å². The number of nitrogens with two attached hydrogens (primary N) is 1. The lowest BCUT2D eigenvalue weighted by Crippen LogP contribution is -2.42. The van der Waals surface area contributed by atoms with E-state index in [1.54, 1.807) is 0 Å². The van der Waals surface area contributed by atoms with Crippen molar-refractivity contribution >= 4 is 23.6 Å². The zero-order valence-electron chi connectivity index (χ0n) is 15.8. The Bertz CT molecular complexity index is 612. The van der Waals surface area contributed by atoms with Gasteiger partial charge in [-0.15, -0.1) is 11.8 Å². The van der Waals surface area contributed by atoms with Crippen LogP contribution in [-0.4, -0.2) is 23.9 Å². The molecule has 0 aliphatic heterocycles. The fourth-order valence-corrected chi connectivity index (χ4v) is 3.26. The van der Waals surface area contributed by atoms with Gasteiger partial charge >= 0.3 is 0 Å². The van der Waals surface area contributed by atoms with Crippen LogP contribution in [0.1, 0.15) is 39.2 Å². The molecule has 0 saturated carbocycles. The number of hydrogen-bond donors (Lipinski definition) is 2. The molecule has 1 rings (SSSR count). The molecule has 4 nitrogen and oxygen atoms in total. The summed E-state index contributed by atoms with van der Waals surface area (Å²) >= 11 is 1.47. The number of benzene rings is 1. The van der Waals surface area contributed by atoms with Crippen LogP contribution in [0.4, 0.5) is 8.78 Å². The lowest BCUT2D eigenvalue weighted by molar-refractivity contribution is -0.134. The largest absolute Gasteiger partial charge is 0.369 e. The third-order valence-corrected chi connectivity index (χ3v) is 4.51. The second-order valence-electron chi connectivity index (χ2n) is 7.67. The summed E-state index contributed by atoms with van der Waals surface area (Å²) in [6, 6.07) is 3.26. The number of amides is 2. The molecule has 0 spiro atoms. The SMILES string of the molecule is CSCNC(=O)C(CC(C)(C)C)[C@H](CCc1cc(F)cc(F)c1)C(N)=O. The maximum Gasteiger partial charge on any atom is 0.224 e. The molecule has 0 saturated heterocycles. The molecular weight excluding hydrogens is 358 g/mol. The summed E-state index contributed by atoms with van der Waals surface area (Å²) in [4.78, 5) is 24.6. The number of rotatable bonds is 9. The van der Waals surface area contributed by atoms with Crippen LogP contribution < -0.4 is 11.1 Å². The summed E-state index contributed by atoms with van der Waals surface area (Å²) in [5.74, 6) is -2.97. The Hall–Kier alpha value is -1.63. The van der Waals surface area contributed by atoms with Gasteiger partial charge in [-0.1, -0.05) is 20.8 Å². The molecule has 2 amide bonds. The summed E-state index contributed by atoms with van der Waals surface area (Å²) < 4.78 is 26.7. The van der Waals surface area contributed by atoms with Gasteiger partial charge in [0.1, 0.15) is 11.6 Å². The van der Waals surface area contributed by atoms with Gasteiger partial charge in [0.25, 0.3) is 0 Å². The Balaban J connectivity index is 2.98. The highest BCUT2D eigenvalue weighted by Gasteiger charge is 2.35. The predicted molar refractivity (Wildman–Crippen MR) is 101 cm³/mol. The van der Waals surface area contributed by atoms with Gasteiger partial charge < -0.3 is 11.1 Å². The molecule has 0 aliphatic carbocycles. The Morgan fingerprint density at radius 3 is 2.19 bits per heavy atom. The number of aryl methyl sites for hydroxylation is 1. The average molecular weight is 387 g/mol. The second kappa shape index (κ2) is 9.90. The smallest absolute Gasteiger partial charge is 0.224 e. The first-order valence-electron chi connectivity index (χ1n) is 8.54. The molecule has 1 unspecified atom stereocenters. The normalized spacial score (nSPS) is 13.9. The molecule has 0 fully saturated rings. The van der Waals surface area contributed by atoms with Crippen LogP contribution in [0.2, 0.25) is 0 Å². The molecule has 0 aliphatic rings.